The highest BCUT2D eigenvalue weighted by Crippen LogP contribution is 2.33. The Hall–Kier alpha value is -3.07. The maximum absolute atomic E-state index is 12.1. The fourth-order valence-corrected chi connectivity index (χ4v) is 6.08. The Bertz CT molecular complexity index is 1390. The molecular formula is C24H33N9O4S. The molecule has 2 N–H and O–H groups in total. The molecule has 14 heteroatoms. The van der Waals surface area contributed by atoms with Gasteiger partial charge in [-0.25, -0.2) is 28.4 Å². The summed E-state index contributed by atoms with van der Waals surface area (Å²) in [5, 5.41) is 0. The zero-order valence-electron chi connectivity index (χ0n) is 21.5. The molecule has 3 fully saturated rings. The second-order valence-corrected chi connectivity index (χ2v) is 12.0. The molecule has 0 radical (unpaired) electrons. The number of rotatable bonds is 6. The van der Waals surface area contributed by atoms with Crippen molar-refractivity contribution in [1.29, 1.82) is 0 Å². The molecule has 0 saturated carbocycles. The molecule has 0 aromatic carbocycles. The van der Waals surface area contributed by atoms with E-state index in [0.717, 1.165) is 41.5 Å². The van der Waals surface area contributed by atoms with Crippen LogP contribution in [0.3, 0.4) is 0 Å². The van der Waals surface area contributed by atoms with Gasteiger partial charge in [0.25, 0.3) is 0 Å². The third-order valence-corrected chi connectivity index (χ3v) is 8.67. The summed E-state index contributed by atoms with van der Waals surface area (Å²) in [7, 11) is -3.24. The minimum absolute atomic E-state index is 0.340. The fourth-order valence-electron chi connectivity index (χ4n) is 5.25. The van der Waals surface area contributed by atoms with Crippen molar-refractivity contribution in [3.05, 3.63) is 18.3 Å². The van der Waals surface area contributed by atoms with E-state index in [1.54, 1.807) is 12.3 Å². The molecule has 3 aliphatic rings. The van der Waals surface area contributed by atoms with Crippen LogP contribution in [0.15, 0.2) is 18.3 Å². The van der Waals surface area contributed by atoms with Gasteiger partial charge in [-0.3, -0.25) is 4.57 Å². The van der Waals surface area contributed by atoms with Crippen molar-refractivity contribution in [3.63, 3.8) is 0 Å². The largest absolute Gasteiger partial charge is 0.384 e. The molecule has 3 aromatic rings. The summed E-state index contributed by atoms with van der Waals surface area (Å²) in [5.74, 6) is 2.89. The summed E-state index contributed by atoms with van der Waals surface area (Å²) < 4.78 is 39.2. The highest BCUT2D eigenvalue weighted by molar-refractivity contribution is 7.88. The first-order valence-electron chi connectivity index (χ1n) is 13.0. The molecule has 3 aliphatic heterocycles. The highest BCUT2D eigenvalue weighted by atomic mass is 32.2. The minimum Gasteiger partial charge on any atom is -0.384 e. The van der Waals surface area contributed by atoms with Crippen LogP contribution in [0, 0.1) is 5.92 Å². The zero-order chi connectivity index (χ0) is 26.3. The maximum Gasteiger partial charge on any atom is 0.211 e. The molecule has 204 valence electrons. The second kappa shape index (κ2) is 10.2. The van der Waals surface area contributed by atoms with Crippen molar-refractivity contribution in [2.75, 3.05) is 87.5 Å². The molecule has 6 heterocycles. The van der Waals surface area contributed by atoms with Crippen LogP contribution >= 0.6 is 0 Å². The summed E-state index contributed by atoms with van der Waals surface area (Å²) in [6.07, 6.45) is 3.92. The molecule has 6 rings (SSSR count). The van der Waals surface area contributed by atoms with Crippen LogP contribution in [-0.2, 0) is 26.0 Å². The topological polar surface area (TPSA) is 145 Å². The number of nitrogens with two attached hydrogens (primary N) is 1. The van der Waals surface area contributed by atoms with Gasteiger partial charge in [-0.05, 0) is 18.6 Å². The number of hydrogen-bond donors (Lipinski definition) is 1. The van der Waals surface area contributed by atoms with Gasteiger partial charge in [0.05, 0.1) is 26.1 Å². The highest BCUT2D eigenvalue weighted by Gasteiger charge is 2.31. The Kier molecular flexibility index (Phi) is 6.80. The lowest BCUT2D eigenvalue weighted by molar-refractivity contribution is 0.122. The van der Waals surface area contributed by atoms with Gasteiger partial charge in [0, 0.05) is 70.1 Å². The number of morpholine rings is 1. The van der Waals surface area contributed by atoms with Gasteiger partial charge in [-0.15, -0.1) is 0 Å². The number of ether oxygens (including phenoxy) is 2. The van der Waals surface area contributed by atoms with E-state index in [2.05, 4.69) is 19.4 Å². The molecule has 13 nitrogen and oxygen atoms in total. The average Bonchev–Trinajstić information content (AvgIpc) is 3.57. The van der Waals surface area contributed by atoms with E-state index in [9.17, 15) is 8.42 Å². The van der Waals surface area contributed by atoms with E-state index in [-0.39, 0.29) is 0 Å². The Labute approximate surface area is 221 Å². The molecule has 0 aliphatic carbocycles. The first kappa shape index (κ1) is 25.2. The summed E-state index contributed by atoms with van der Waals surface area (Å²) >= 11 is 0. The lowest BCUT2D eigenvalue weighted by Crippen LogP contribution is -2.49. The quantitative estimate of drug-likeness (QED) is 0.462. The van der Waals surface area contributed by atoms with Gasteiger partial charge in [-0.2, -0.15) is 4.31 Å². The lowest BCUT2D eigenvalue weighted by Gasteiger charge is -2.34. The summed E-state index contributed by atoms with van der Waals surface area (Å²) in [6.45, 7) is 6.71. The van der Waals surface area contributed by atoms with E-state index in [1.165, 1.54) is 10.6 Å². The predicted molar refractivity (Wildman–Crippen MR) is 144 cm³/mol. The number of nitrogens with zero attached hydrogens (tertiary/aromatic N) is 8. The number of sulfonamides is 1. The van der Waals surface area contributed by atoms with Gasteiger partial charge < -0.3 is 25.0 Å². The number of imidazole rings is 1. The number of anilines is 3. The van der Waals surface area contributed by atoms with E-state index in [1.807, 2.05) is 6.07 Å². The Morgan fingerprint density at radius 2 is 1.76 bits per heavy atom. The number of fused-ring (bicyclic) bond motifs is 1. The molecule has 38 heavy (non-hydrogen) atoms. The van der Waals surface area contributed by atoms with E-state index in [0.29, 0.717) is 83.2 Å². The van der Waals surface area contributed by atoms with Gasteiger partial charge in [-0.1, -0.05) is 0 Å². The molecule has 3 saturated heterocycles. The number of aromatic nitrogens is 5. The monoisotopic (exact) mass is 543 g/mol. The summed E-state index contributed by atoms with van der Waals surface area (Å²) in [6, 6.07) is 3.63. The molecule has 0 amide bonds. The van der Waals surface area contributed by atoms with Crippen molar-refractivity contribution in [2.45, 2.75) is 13.0 Å². The second-order valence-electron chi connectivity index (χ2n) is 10.0. The molecule has 1 unspecified atom stereocenters. The molecule has 3 aromatic heterocycles. The van der Waals surface area contributed by atoms with Crippen molar-refractivity contribution in [1.82, 2.24) is 28.8 Å². The van der Waals surface area contributed by atoms with Crippen molar-refractivity contribution >= 4 is 38.8 Å². The third-order valence-electron chi connectivity index (χ3n) is 7.37. The third kappa shape index (κ3) is 5.00. The smallest absolute Gasteiger partial charge is 0.211 e. The first-order valence-corrected chi connectivity index (χ1v) is 14.8. The summed E-state index contributed by atoms with van der Waals surface area (Å²) in [4.78, 5) is 23.7. The number of hydrogen-bond acceptors (Lipinski definition) is 11. The normalized spacial score (nSPS) is 21.4. The van der Waals surface area contributed by atoms with Gasteiger partial charge in [0.2, 0.25) is 16.0 Å². The Morgan fingerprint density at radius 3 is 2.42 bits per heavy atom. The number of pyridine rings is 1. The standard InChI is InChI=1S/C24H33N9O4S/c1-38(34,35)32-7-5-31(6-8-32)24-27-20-22(30-9-12-36-13-10-30)28-21(18-2-3-19(25)26-14-18)29-23(20)33(24)15-17-4-11-37-16-17/h2-3,14,17H,4-13,15-16H2,1H3,(H2,25,26). The zero-order valence-corrected chi connectivity index (χ0v) is 22.3. The fraction of sp³-hybridized carbons (Fsp3) is 0.583. The van der Waals surface area contributed by atoms with Crippen LogP contribution in [0.4, 0.5) is 17.6 Å². The Balaban J connectivity index is 1.48. The van der Waals surface area contributed by atoms with Crippen LogP contribution < -0.4 is 15.5 Å². The van der Waals surface area contributed by atoms with Crippen molar-refractivity contribution < 1.29 is 17.9 Å². The minimum atomic E-state index is -3.24. The van der Waals surface area contributed by atoms with Crippen molar-refractivity contribution in [2.24, 2.45) is 5.92 Å². The van der Waals surface area contributed by atoms with Gasteiger partial charge in [0.1, 0.15) is 5.82 Å². The van der Waals surface area contributed by atoms with Crippen LogP contribution in [0.1, 0.15) is 6.42 Å². The molecular weight excluding hydrogens is 510 g/mol. The molecule has 0 spiro atoms. The number of nitrogen functional groups attached to an aromatic ring is 1. The van der Waals surface area contributed by atoms with Gasteiger partial charge in [0.15, 0.2) is 22.8 Å². The van der Waals surface area contributed by atoms with E-state index in [4.69, 9.17) is 30.2 Å². The van der Waals surface area contributed by atoms with Crippen LogP contribution in [-0.4, -0.2) is 109 Å². The SMILES string of the molecule is CS(=O)(=O)N1CCN(c2nc3c(N4CCOCC4)nc(-c4ccc(N)nc4)nc3n2CC2CCOC2)CC1. The van der Waals surface area contributed by atoms with E-state index >= 15 is 0 Å². The maximum atomic E-state index is 12.1. The van der Waals surface area contributed by atoms with E-state index < -0.39 is 10.0 Å². The average molecular weight is 544 g/mol. The lowest BCUT2D eigenvalue weighted by atomic mass is 10.1. The van der Waals surface area contributed by atoms with Gasteiger partial charge >= 0.3 is 0 Å². The summed E-state index contributed by atoms with van der Waals surface area (Å²) in [5.41, 5.74) is 8.09. The number of piperazine rings is 1. The Morgan fingerprint density at radius 1 is 0.974 bits per heavy atom. The first-order chi connectivity index (χ1) is 18.4. The molecule has 1 atom stereocenters. The van der Waals surface area contributed by atoms with Crippen LogP contribution in [0.2, 0.25) is 0 Å². The van der Waals surface area contributed by atoms with Crippen LogP contribution in [0.5, 0.6) is 0 Å². The van der Waals surface area contributed by atoms with Crippen LogP contribution in [0.25, 0.3) is 22.6 Å². The molecule has 0 bridgehead atoms. The van der Waals surface area contributed by atoms with Crippen molar-refractivity contribution in [3.8, 4) is 11.4 Å². The predicted octanol–water partition coefficient (Wildman–Crippen LogP) is 0.425.